The molecule has 0 aliphatic rings. The van der Waals surface area contributed by atoms with Crippen LogP contribution in [-0.4, -0.2) is 11.5 Å². The lowest BCUT2D eigenvalue weighted by molar-refractivity contribution is -0.384. The molecule has 0 fully saturated rings. The summed E-state index contributed by atoms with van der Waals surface area (Å²) in [5, 5.41) is 13.7. The van der Waals surface area contributed by atoms with Crippen molar-refractivity contribution < 1.29 is 14.1 Å². The number of nitro groups is 1. The Morgan fingerprint density at radius 3 is 2.71 bits per heavy atom. The molecule has 110 valence electrons. The van der Waals surface area contributed by atoms with E-state index < -0.39 is 10.7 Å². The second kappa shape index (κ2) is 6.69. The minimum Gasteiger partial charge on any atom is -0.494 e. The van der Waals surface area contributed by atoms with Crippen molar-refractivity contribution in [2.75, 3.05) is 11.9 Å². The van der Waals surface area contributed by atoms with Gasteiger partial charge in [0.2, 0.25) is 0 Å². The van der Waals surface area contributed by atoms with Gasteiger partial charge in [-0.3, -0.25) is 10.1 Å². The summed E-state index contributed by atoms with van der Waals surface area (Å²) in [6, 6.07) is 11.0. The quantitative estimate of drug-likeness (QED) is 0.650. The third kappa shape index (κ3) is 3.47. The molecule has 21 heavy (non-hydrogen) atoms. The normalized spacial score (nSPS) is 10.2. The molecule has 0 spiro atoms. The molecule has 0 aromatic heterocycles. The monoisotopic (exact) mass is 290 g/mol. The molecular formula is C15H15FN2O3. The van der Waals surface area contributed by atoms with E-state index in [4.69, 9.17) is 4.74 Å². The third-order valence-electron chi connectivity index (χ3n) is 2.92. The number of nitrogens with zero attached hydrogens (tertiary/aromatic N) is 1. The summed E-state index contributed by atoms with van der Waals surface area (Å²) in [5.41, 5.74) is 0.398. The lowest BCUT2D eigenvalue weighted by Crippen LogP contribution is -2.06. The van der Waals surface area contributed by atoms with Crippen molar-refractivity contribution in [3.63, 3.8) is 0 Å². The van der Waals surface area contributed by atoms with Crippen molar-refractivity contribution in [3.05, 3.63) is 64.0 Å². The van der Waals surface area contributed by atoms with Crippen molar-refractivity contribution in [3.8, 4) is 5.75 Å². The fourth-order valence-electron chi connectivity index (χ4n) is 1.97. The van der Waals surface area contributed by atoms with Gasteiger partial charge in [-0.1, -0.05) is 24.3 Å². The van der Waals surface area contributed by atoms with E-state index >= 15 is 0 Å². The maximum Gasteiger partial charge on any atom is 0.295 e. The van der Waals surface area contributed by atoms with Crippen LogP contribution in [0.1, 0.15) is 12.5 Å². The minimum atomic E-state index is -0.655. The molecule has 0 bridgehead atoms. The Morgan fingerprint density at radius 1 is 1.24 bits per heavy atom. The number of para-hydroxylation sites is 2. The van der Waals surface area contributed by atoms with Crippen LogP contribution in [0, 0.1) is 15.9 Å². The fraction of sp³-hybridized carbons (Fsp3) is 0.200. The highest BCUT2D eigenvalue weighted by atomic mass is 19.1. The predicted molar refractivity (Wildman–Crippen MR) is 78.0 cm³/mol. The van der Waals surface area contributed by atoms with Crippen LogP contribution >= 0.6 is 0 Å². The number of hydrogen-bond acceptors (Lipinski definition) is 4. The lowest BCUT2D eigenvalue weighted by Gasteiger charge is -2.12. The second-order valence-electron chi connectivity index (χ2n) is 4.29. The Hall–Kier alpha value is -2.63. The van der Waals surface area contributed by atoms with E-state index in [1.807, 2.05) is 25.1 Å². The van der Waals surface area contributed by atoms with Gasteiger partial charge in [0, 0.05) is 18.2 Å². The molecule has 0 saturated carbocycles. The van der Waals surface area contributed by atoms with Gasteiger partial charge in [-0.05, 0) is 19.1 Å². The van der Waals surface area contributed by atoms with E-state index in [1.54, 1.807) is 6.07 Å². The van der Waals surface area contributed by atoms with Crippen molar-refractivity contribution >= 4 is 11.4 Å². The Kier molecular flexibility index (Phi) is 4.71. The topological polar surface area (TPSA) is 64.4 Å². The molecule has 0 unspecified atom stereocenters. The van der Waals surface area contributed by atoms with E-state index in [0.29, 0.717) is 12.4 Å². The first-order valence-corrected chi connectivity index (χ1v) is 6.51. The molecular weight excluding hydrogens is 275 g/mol. The van der Waals surface area contributed by atoms with Crippen LogP contribution in [0.15, 0.2) is 42.5 Å². The first-order chi connectivity index (χ1) is 10.1. The first kappa shape index (κ1) is 14.8. The number of hydrogen-bond donors (Lipinski definition) is 1. The Balaban J connectivity index is 2.23. The Morgan fingerprint density at radius 2 is 2.00 bits per heavy atom. The third-order valence-corrected chi connectivity index (χ3v) is 2.92. The van der Waals surface area contributed by atoms with Gasteiger partial charge in [-0.15, -0.1) is 0 Å². The van der Waals surface area contributed by atoms with Crippen LogP contribution in [0.25, 0.3) is 0 Å². The molecule has 0 aliphatic heterocycles. The van der Waals surface area contributed by atoms with Crippen molar-refractivity contribution in [2.45, 2.75) is 13.5 Å². The van der Waals surface area contributed by atoms with Crippen molar-refractivity contribution in [1.29, 1.82) is 0 Å². The molecule has 6 heteroatoms. The van der Waals surface area contributed by atoms with E-state index in [2.05, 4.69) is 5.32 Å². The molecule has 0 amide bonds. The van der Waals surface area contributed by atoms with Crippen molar-refractivity contribution in [1.82, 2.24) is 0 Å². The van der Waals surface area contributed by atoms with Crippen LogP contribution in [0.2, 0.25) is 0 Å². The van der Waals surface area contributed by atoms with E-state index in [9.17, 15) is 14.5 Å². The highest BCUT2D eigenvalue weighted by molar-refractivity contribution is 5.62. The average Bonchev–Trinajstić information content (AvgIpc) is 2.47. The average molecular weight is 290 g/mol. The molecule has 0 atom stereocenters. The van der Waals surface area contributed by atoms with Crippen LogP contribution in [0.5, 0.6) is 5.75 Å². The number of nitro benzene ring substituents is 1. The lowest BCUT2D eigenvalue weighted by atomic mass is 10.2. The van der Waals surface area contributed by atoms with Gasteiger partial charge in [0.25, 0.3) is 5.69 Å². The van der Waals surface area contributed by atoms with Gasteiger partial charge in [0.15, 0.2) is 5.82 Å². The summed E-state index contributed by atoms with van der Waals surface area (Å²) in [6.45, 7) is 2.61. The number of rotatable bonds is 6. The molecule has 0 heterocycles. The summed E-state index contributed by atoms with van der Waals surface area (Å²) in [4.78, 5) is 10.3. The maximum atomic E-state index is 13.8. The van der Waals surface area contributed by atoms with Gasteiger partial charge in [0.1, 0.15) is 11.4 Å². The molecule has 2 aromatic rings. The van der Waals surface area contributed by atoms with Gasteiger partial charge in [-0.25, -0.2) is 4.39 Å². The summed E-state index contributed by atoms with van der Waals surface area (Å²) in [7, 11) is 0. The van der Waals surface area contributed by atoms with E-state index in [1.165, 1.54) is 18.2 Å². The molecule has 2 rings (SSSR count). The largest absolute Gasteiger partial charge is 0.494 e. The number of nitrogens with one attached hydrogen (secondary N) is 1. The van der Waals surface area contributed by atoms with E-state index in [0.717, 1.165) is 5.56 Å². The number of benzene rings is 2. The Bertz CT molecular complexity index is 647. The first-order valence-electron chi connectivity index (χ1n) is 6.51. The maximum absolute atomic E-state index is 13.8. The van der Waals surface area contributed by atoms with Crippen LogP contribution in [0.3, 0.4) is 0 Å². The summed E-state index contributed by atoms with van der Waals surface area (Å²) in [5.74, 6) is 0.0181. The van der Waals surface area contributed by atoms with E-state index in [-0.39, 0.29) is 17.9 Å². The molecule has 5 nitrogen and oxygen atoms in total. The van der Waals surface area contributed by atoms with Crippen LogP contribution in [0.4, 0.5) is 15.8 Å². The molecule has 1 N–H and O–H groups in total. The highest BCUT2D eigenvalue weighted by Crippen LogP contribution is 2.28. The highest BCUT2D eigenvalue weighted by Gasteiger charge is 2.17. The van der Waals surface area contributed by atoms with Gasteiger partial charge in [0.05, 0.1) is 11.5 Å². The number of ether oxygens (including phenoxy) is 1. The zero-order chi connectivity index (χ0) is 15.2. The number of anilines is 1. The van der Waals surface area contributed by atoms with Crippen LogP contribution < -0.4 is 10.1 Å². The Labute approximate surface area is 121 Å². The van der Waals surface area contributed by atoms with Gasteiger partial charge >= 0.3 is 0 Å². The number of halogens is 1. The predicted octanol–water partition coefficient (Wildman–Crippen LogP) is 3.74. The molecule has 0 aliphatic carbocycles. The molecule has 2 aromatic carbocycles. The molecule has 0 saturated heterocycles. The van der Waals surface area contributed by atoms with Crippen LogP contribution in [-0.2, 0) is 6.54 Å². The fourth-order valence-corrected chi connectivity index (χ4v) is 1.97. The standard InChI is InChI=1S/C15H15FN2O3/c1-2-21-14-9-4-3-6-11(14)10-17-15-12(16)7-5-8-13(15)18(19)20/h3-9,17H,2,10H2,1H3. The summed E-state index contributed by atoms with van der Waals surface area (Å²) in [6.07, 6.45) is 0. The zero-order valence-electron chi connectivity index (χ0n) is 11.5. The second-order valence-corrected chi connectivity index (χ2v) is 4.29. The van der Waals surface area contributed by atoms with Gasteiger partial charge in [-0.2, -0.15) is 0 Å². The minimum absolute atomic E-state index is 0.117. The summed E-state index contributed by atoms with van der Waals surface area (Å²) >= 11 is 0. The zero-order valence-corrected chi connectivity index (χ0v) is 11.5. The smallest absolute Gasteiger partial charge is 0.295 e. The summed E-state index contributed by atoms with van der Waals surface area (Å²) < 4.78 is 19.2. The SMILES string of the molecule is CCOc1ccccc1CNc1c(F)cccc1[N+](=O)[O-]. The molecule has 0 radical (unpaired) electrons. The van der Waals surface area contributed by atoms with Crippen molar-refractivity contribution in [2.24, 2.45) is 0 Å². The van der Waals surface area contributed by atoms with Gasteiger partial charge < -0.3 is 10.1 Å².